The zero-order chi connectivity index (χ0) is 30.5. The summed E-state index contributed by atoms with van der Waals surface area (Å²) >= 11 is 0. The molecule has 0 atom stereocenters. The SMILES string of the molecule is CC(C)Oc1ccc(CNC(=O)N(Cc2ccc(F)cc2)C2CCN(CCC3OCCO3)CC2)cc1.O=C(O)C(=O)O. The fourth-order valence-corrected chi connectivity index (χ4v) is 4.71. The van der Waals surface area contributed by atoms with Crippen LogP contribution in [-0.4, -0.2) is 89.3 Å². The van der Waals surface area contributed by atoms with Crippen LogP contribution in [0, 0.1) is 5.82 Å². The van der Waals surface area contributed by atoms with Crippen LogP contribution >= 0.6 is 0 Å². The number of rotatable bonds is 10. The summed E-state index contributed by atoms with van der Waals surface area (Å²) in [6.07, 6.45) is 2.68. The molecule has 2 heterocycles. The van der Waals surface area contributed by atoms with Crippen LogP contribution in [0.15, 0.2) is 48.5 Å². The van der Waals surface area contributed by atoms with Gasteiger partial charge in [-0.3, -0.25) is 0 Å². The number of carbonyl (C=O) groups is 3. The Balaban J connectivity index is 0.000000730. The molecule has 2 amide bonds. The van der Waals surface area contributed by atoms with Crippen molar-refractivity contribution in [1.82, 2.24) is 15.1 Å². The van der Waals surface area contributed by atoms with Crippen molar-refractivity contribution < 1.29 is 43.2 Å². The molecule has 2 aromatic rings. The number of ether oxygens (including phenoxy) is 3. The van der Waals surface area contributed by atoms with E-state index in [9.17, 15) is 9.18 Å². The molecular weight excluding hydrogens is 549 g/mol. The quantitative estimate of drug-likeness (QED) is 0.354. The van der Waals surface area contributed by atoms with Crippen molar-refractivity contribution in [2.24, 2.45) is 0 Å². The average Bonchev–Trinajstić information content (AvgIpc) is 3.49. The number of hydrogen-bond donors (Lipinski definition) is 3. The molecule has 0 spiro atoms. The van der Waals surface area contributed by atoms with Crippen LogP contribution < -0.4 is 10.1 Å². The predicted molar refractivity (Wildman–Crippen MR) is 151 cm³/mol. The van der Waals surface area contributed by atoms with E-state index in [0.29, 0.717) is 26.3 Å². The van der Waals surface area contributed by atoms with Crippen molar-refractivity contribution in [2.45, 2.75) is 64.6 Å². The highest BCUT2D eigenvalue weighted by Crippen LogP contribution is 2.21. The Kier molecular flexibility index (Phi) is 13.0. The second kappa shape index (κ2) is 16.6. The topological polar surface area (TPSA) is 138 Å². The lowest BCUT2D eigenvalue weighted by Crippen LogP contribution is -2.50. The van der Waals surface area contributed by atoms with Crippen molar-refractivity contribution in [3.05, 3.63) is 65.5 Å². The molecule has 0 unspecified atom stereocenters. The highest BCUT2D eigenvalue weighted by molar-refractivity contribution is 6.27. The van der Waals surface area contributed by atoms with E-state index in [4.69, 9.17) is 34.0 Å². The summed E-state index contributed by atoms with van der Waals surface area (Å²) in [4.78, 5) is 35.9. The number of amides is 2. The fourth-order valence-electron chi connectivity index (χ4n) is 4.71. The number of carboxylic acid groups (broad SMARTS) is 2. The molecule has 0 bridgehead atoms. The Bertz CT molecular complexity index is 1120. The first-order valence-corrected chi connectivity index (χ1v) is 14.1. The number of benzene rings is 2. The van der Waals surface area contributed by atoms with Crippen molar-refractivity contribution >= 4 is 18.0 Å². The number of carboxylic acids is 2. The third-order valence-electron chi connectivity index (χ3n) is 6.82. The number of halogens is 1. The van der Waals surface area contributed by atoms with Gasteiger partial charge in [0.25, 0.3) is 0 Å². The number of nitrogens with zero attached hydrogens (tertiary/aromatic N) is 2. The number of nitrogens with one attached hydrogen (secondary N) is 1. The van der Waals surface area contributed by atoms with Crippen LogP contribution in [0.25, 0.3) is 0 Å². The molecule has 4 rings (SSSR count). The van der Waals surface area contributed by atoms with Crippen LogP contribution in [0.4, 0.5) is 9.18 Å². The monoisotopic (exact) mass is 589 g/mol. The lowest BCUT2D eigenvalue weighted by atomic mass is 10.0. The highest BCUT2D eigenvalue weighted by atomic mass is 19.1. The Morgan fingerprint density at radius 2 is 1.55 bits per heavy atom. The largest absolute Gasteiger partial charge is 0.491 e. The molecule has 0 radical (unpaired) electrons. The first-order valence-electron chi connectivity index (χ1n) is 14.1. The van der Waals surface area contributed by atoms with Gasteiger partial charge >= 0.3 is 18.0 Å². The van der Waals surface area contributed by atoms with Crippen molar-refractivity contribution in [3.63, 3.8) is 0 Å². The van der Waals surface area contributed by atoms with Gasteiger partial charge in [0.1, 0.15) is 11.6 Å². The van der Waals surface area contributed by atoms with Crippen molar-refractivity contribution in [3.8, 4) is 5.75 Å². The standard InChI is InChI=1S/C28H38FN3O4.C2H2O4/c1-21(2)36-26-9-5-22(6-10-26)19-30-28(33)32(20-23-3-7-24(29)8-4-23)25-11-14-31(15-12-25)16-13-27-34-17-18-35-27;3-1(4)2(5)6/h3-10,21,25,27H,11-20H2,1-2H3,(H,30,33);(H,3,4)(H,5,6). The van der Waals surface area contributed by atoms with Gasteiger partial charge in [-0.15, -0.1) is 0 Å². The lowest BCUT2D eigenvalue weighted by Gasteiger charge is -2.38. The normalized spacial score (nSPS) is 16.0. The van der Waals surface area contributed by atoms with E-state index in [2.05, 4.69) is 10.2 Å². The maximum atomic E-state index is 13.4. The molecule has 230 valence electrons. The minimum atomic E-state index is -1.82. The highest BCUT2D eigenvalue weighted by Gasteiger charge is 2.29. The van der Waals surface area contributed by atoms with Gasteiger partial charge in [-0.1, -0.05) is 24.3 Å². The van der Waals surface area contributed by atoms with Crippen molar-refractivity contribution in [2.75, 3.05) is 32.8 Å². The maximum Gasteiger partial charge on any atom is 0.414 e. The number of piperidine rings is 1. The van der Waals surface area contributed by atoms with Gasteiger partial charge in [0.15, 0.2) is 6.29 Å². The van der Waals surface area contributed by atoms with Crippen LogP contribution in [0.1, 0.15) is 44.2 Å². The maximum absolute atomic E-state index is 13.4. The van der Waals surface area contributed by atoms with Gasteiger partial charge in [0.05, 0.1) is 19.3 Å². The van der Waals surface area contributed by atoms with E-state index in [1.165, 1.54) is 12.1 Å². The Morgan fingerprint density at radius 1 is 0.976 bits per heavy atom. The number of urea groups is 1. The van der Waals surface area contributed by atoms with E-state index < -0.39 is 11.9 Å². The van der Waals surface area contributed by atoms with Gasteiger partial charge in [-0.25, -0.2) is 18.8 Å². The third-order valence-corrected chi connectivity index (χ3v) is 6.82. The molecule has 0 aromatic heterocycles. The minimum Gasteiger partial charge on any atom is -0.491 e. The summed E-state index contributed by atoms with van der Waals surface area (Å²) in [5, 5.41) is 17.9. The number of carbonyl (C=O) groups excluding carboxylic acids is 1. The molecule has 2 aliphatic rings. The van der Waals surface area contributed by atoms with Gasteiger partial charge in [-0.2, -0.15) is 0 Å². The molecule has 2 aliphatic heterocycles. The molecule has 2 aromatic carbocycles. The van der Waals surface area contributed by atoms with E-state index in [0.717, 1.165) is 55.8 Å². The summed E-state index contributed by atoms with van der Waals surface area (Å²) in [5.74, 6) is -3.11. The Labute approximate surface area is 245 Å². The molecule has 2 fully saturated rings. The zero-order valence-electron chi connectivity index (χ0n) is 24.0. The summed E-state index contributed by atoms with van der Waals surface area (Å²) in [7, 11) is 0. The summed E-state index contributed by atoms with van der Waals surface area (Å²) in [6, 6.07) is 14.2. The molecular formula is C30H40FN3O8. The van der Waals surface area contributed by atoms with Gasteiger partial charge < -0.3 is 39.5 Å². The molecule has 11 nitrogen and oxygen atoms in total. The molecule has 0 aliphatic carbocycles. The lowest BCUT2D eigenvalue weighted by molar-refractivity contribution is -0.159. The van der Waals surface area contributed by atoms with E-state index in [1.807, 2.05) is 43.0 Å². The molecule has 0 saturated carbocycles. The summed E-state index contributed by atoms with van der Waals surface area (Å²) < 4.78 is 30.3. The van der Waals surface area contributed by atoms with E-state index in [-0.39, 0.29) is 30.3 Å². The summed E-state index contributed by atoms with van der Waals surface area (Å²) in [6.45, 7) is 8.98. The first kappa shape index (κ1) is 32.8. The van der Waals surface area contributed by atoms with Crippen LogP contribution in [-0.2, 0) is 32.2 Å². The van der Waals surface area contributed by atoms with Crippen LogP contribution in [0.3, 0.4) is 0 Å². The molecule has 3 N–H and O–H groups in total. The number of aliphatic carboxylic acids is 2. The smallest absolute Gasteiger partial charge is 0.414 e. The molecule has 2 saturated heterocycles. The van der Waals surface area contributed by atoms with Crippen LogP contribution in [0.2, 0.25) is 0 Å². The molecule has 42 heavy (non-hydrogen) atoms. The van der Waals surface area contributed by atoms with Gasteiger partial charge in [0, 0.05) is 45.2 Å². The second-order valence-electron chi connectivity index (χ2n) is 10.4. The summed E-state index contributed by atoms with van der Waals surface area (Å²) in [5.41, 5.74) is 1.92. The zero-order valence-corrected chi connectivity index (χ0v) is 24.0. The van der Waals surface area contributed by atoms with Gasteiger partial charge in [-0.05, 0) is 62.1 Å². The number of likely N-dealkylation sites (tertiary alicyclic amines) is 1. The molecule has 12 heteroatoms. The third kappa shape index (κ3) is 11.3. The minimum absolute atomic E-state index is 0.0884. The van der Waals surface area contributed by atoms with E-state index >= 15 is 0 Å². The fraction of sp³-hybridized carbons (Fsp3) is 0.500. The van der Waals surface area contributed by atoms with Crippen molar-refractivity contribution in [1.29, 1.82) is 0 Å². The second-order valence-corrected chi connectivity index (χ2v) is 10.4. The average molecular weight is 590 g/mol. The predicted octanol–water partition coefficient (Wildman–Crippen LogP) is 3.71. The number of hydrogen-bond acceptors (Lipinski definition) is 7. The van der Waals surface area contributed by atoms with E-state index in [1.54, 1.807) is 12.1 Å². The Morgan fingerprint density at radius 3 is 2.10 bits per heavy atom. The Hall–Kier alpha value is -3.74. The van der Waals surface area contributed by atoms with Crippen LogP contribution in [0.5, 0.6) is 5.75 Å². The van der Waals surface area contributed by atoms with Gasteiger partial charge in [0.2, 0.25) is 0 Å². The first-order chi connectivity index (χ1) is 20.1.